The van der Waals surface area contributed by atoms with Gasteiger partial charge < -0.3 is 4.57 Å². The second-order valence-corrected chi connectivity index (χ2v) is 7.48. The molecule has 0 saturated heterocycles. The maximum atomic E-state index is 4.20. The molecule has 1 heterocycles. The number of aromatic nitrogens is 2. The smallest absolute Gasteiger partial charge is 0.0946 e. The zero-order chi connectivity index (χ0) is 17.1. The molecule has 0 fully saturated rings. The first-order valence-electron chi connectivity index (χ1n) is 8.46. The Bertz CT molecular complexity index is 976. The third-order valence-corrected chi connectivity index (χ3v) is 5.86. The number of fused-ring (bicyclic) bond motifs is 1. The fourth-order valence-electron chi connectivity index (χ4n) is 3.05. The van der Waals surface area contributed by atoms with Gasteiger partial charge in [-0.2, -0.15) is 0 Å². The maximum absolute atomic E-state index is 4.20. The summed E-state index contributed by atoms with van der Waals surface area (Å²) in [7, 11) is 0. The summed E-state index contributed by atoms with van der Waals surface area (Å²) in [5.74, 6) is 0. The van der Waals surface area contributed by atoms with Crippen LogP contribution in [0.15, 0.2) is 90.3 Å². The van der Waals surface area contributed by atoms with Crippen molar-refractivity contribution in [2.45, 2.75) is 23.6 Å². The predicted molar refractivity (Wildman–Crippen MR) is 106 cm³/mol. The number of aryl methyl sites for hydroxylation is 1. The fraction of sp³-hybridized carbons (Fsp3) is 0.136. The molecule has 0 amide bonds. The van der Waals surface area contributed by atoms with Crippen molar-refractivity contribution in [3.63, 3.8) is 0 Å². The van der Waals surface area contributed by atoms with E-state index in [0.29, 0.717) is 5.25 Å². The molecule has 4 rings (SSSR count). The first-order chi connectivity index (χ1) is 12.3. The monoisotopic (exact) mass is 344 g/mol. The van der Waals surface area contributed by atoms with Gasteiger partial charge in [-0.25, -0.2) is 4.98 Å². The van der Waals surface area contributed by atoms with E-state index in [9.17, 15) is 0 Å². The number of rotatable bonds is 5. The van der Waals surface area contributed by atoms with Crippen molar-refractivity contribution in [3.05, 3.63) is 96.6 Å². The second kappa shape index (κ2) is 7.16. The fourth-order valence-corrected chi connectivity index (χ4v) is 4.29. The molecular formula is C22H20N2S. The van der Waals surface area contributed by atoms with Crippen LogP contribution in [0.5, 0.6) is 0 Å². The molecule has 0 aliphatic carbocycles. The summed E-state index contributed by atoms with van der Waals surface area (Å²) in [5.41, 5.74) is 2.67. The van der Waals surface area contributed by atoms with Crippen molar-refractivity contribution in [3.8, 4) is 0 Å². The van der Waals surface area contributed by atoms with Gasteiger partial charge in [0.05, 0.1) is 11.6 Å². The van der Waals surface area contributed by atoms with E-state index in [1.807, 2.05) is 30.5 Å². The molecule has 124 valence electrons. The zero-order valence-electron chi connectivity index (χ0n) is 14.2. The normalized spacial score (nSPS) is 12.4. The first-order valence-corrected chi connectivity index (χ1v) is 9.34. The minimum Gasteiger partial charge on any atom is -0.336 e. The molecule has 4 aromatic rings. The molecule has 3 aromatic carbocycles. The largest absolute Gasteiger partial charge is 0.336 e. The summed E-state index contributed by atoms with van der Waals surface area (Å²) in [6.45, 7) is 3.08. The van der Waals surface area contributed by atoms with E-state index in [1.165, 1.54) is 26.8 Å². The van der Waals surface area contributed by atoms with Gasteiger partial charge in [0.15, 0.2) is 0 Å². The van der Waals surface area contributed by atoms with Crippen molar-refractivity contribution in [2.75, 3.05) is 0 Å². The summed E-state index contributed by atoms with van der Waals surface area (Å²) in [5, 5.41) is 2.91. The number of hydrogen-bond acceptors (Lipinski definition) is 2. The lowest BCUT2D eigenvalue weighted by molar-refractivity contribution is 0.683. The Morgan fingerprint density at radius 3 is 2.56 bits per heavy atom. The number of imidazole rings is 1. The van der Waals surface area contributed by atoms with E-state index in [-0.39, 0.29) is 0 Å². The van der Waals surface area contributed by atoms with Crippen LogP contribution in [0.1, 0.15) is 16.4 Å². The van der Waals surface area contributed by atoms with Gasteiger partial charge in [-0.1, -0.05) is 54.6 Å². The molecule has 0 N–H and O–H groups in total. The Morgan fingerprint density at radius 1 is 0.960 bits per heavy atom. The molecule has 3 heteroatoms. The standard InChI is InChI=1S/C22H20N2S/c1-17-6-2-5-9-21(17)25-22(15-24-13-12-23-16-24)20-11-10-18-7-3-4-8-19(18)14-20/h2-14,16,22H,15H2,1H3. The van der Waals surface area contributed by atoms with Gasteiger partial charge in [-0.3, -0.25) is 0 Å². The van der Waals surface area contributed by atoms with Crippen molar-refractivity contribution >= 4 is 22.5 Å². The predicted octanol–water partition coefficient (Wildman–Crippen LogP) is 5.88. The van der Waals surface area contributed by atoms with Crippen LogP contribution in [0.25, 0.3) is 10.8 Å². The third-order valence-electron chi connectivity index (χ3n) is 4.44. The highest BCUT2D eigenvalue weighted by Gasteiger charge is 2.15. The second-order valence-electron chi connectivity index (χ2n) is 6.24. The van der Waals surface area contributed by atoms with Gasteiger partial charge >= 0.3 is 0 Å². The van der Waals surface area contributed by atoms with Crippen molar-refractivity contribution in [1.82, 2.24) is 9.55 Å². The van der Waals surface area contributed by atoms with Gasteiger partial charge in [0, 0.05) is 23.8 Å². The molecule has 1 aromatic heterocycles. The molecule has 0 aliphatic rings. The minimum absolute atomic E-state index is 0.333. The molecular weight excluding hydrogens is 324 g/mol. The van der Waals surface area contributed by atoms with E-state index < -0.39 is 0 Å². The van der Waals surface area contributed by atoms with Gasteiger partial charge in [0.1, 0.15) is 0 Å². The van der Waals surface area contributed by atoms with Crippen LogP contribution in [0.2, 0.25) is 0 Å². The molecule has 1 atom stereocenters. The van der Waals surface area contributed by atoms with Crippen LogP contribution in [-0.2, 0) is 6.54 Å². The van der Waals surface area contributed by atoms with Crippen LogP contribution < -0.4 is 0 Å². The van der Waals surface area contributed by atoms with E-state index in [2.05, 4.69) is 83.2 Å². The highest BCUT2D eigenvalue weighted by Crippen LogP contribution is 2.38. The molecule has 0 radical (unpaired) electrons. The summed E-state index contributed by atoms with van der Waals surface area (Å²) < 4.78 is 2.16. The number of nitrogens with zero attached hydrogens (tertiary/aromatic N) is 2. The summed E-state index contributed by atoms with van der Waals surface area (Å²) in [6.07, 6.45) is 5.77. The van der Waals surface area contributed by atoms with Crippen molar-refractivity contribution in [2.24, 2.45) is 0 Å². The quantitative estimate of drug-likeness (QED) is 0.421. The Hall–Kier alpha value is -2.52. The highest BCUT2D eigenvalue weighted by atomic mass is 32.2. The minimum atomic E-state index is 0.333. The average molecular weight is 344 g/mol. The number of thioether (sulfide) groups is 1. The van der Waals surface area contributed by atoms with Crippen LogP contribution in [0.3, 0.4) is 0 Å². The van der Waals surface area contributed by atoms with E-state index in [4.69, 9.17) is 0 Å². The van der Waals surface area contributed by atoms with Crippen LogP contribution >= 0.6 is 11.8 Å². The lowest BCUT2D eigenvalue weighted by Gasteiger charge is -2.19. The third kappa shape index (κ3) is 3.62. The van der Waals surface area contributed by atoms with Gasteiger partial charge in [-0.15, -0.1) is 11.8 Å². The van der Waals surface area contributed by atoms with Crippen LogP contribution in [0, 0.1) is 6.92 Å². The molecule has 0 aliphatic heterocycles. The maximum Gasteiger partial charge on any atom is 0.0946 e. The van der Waals surface area contributed by atoms with Crippen LogP contribution in [0.4, 0.5) is 0 Å². The Kier molecular flexibility index (Phi) is 4.57. The van der Waals surface area contributed by atoms with Crippen LogP contribution in [-0.4, -0.2) is 9.55 Å². The molecule has 1 unspecified atom stereocenters. The molecule has 25 heavy (non-hydrogen) atoms. The number of benzene rings is 3. The first kappa shape index (κ1) is 16.0. The zero-order valence-corrected chi connectivity index (χ0v) is 15.0. The number of hydrogen-bond donors (Lipinski definition) is 0. The summed E-state index contributed by atoms with van der Waals surface area (Å²) >= 11 is 1.93. The van der Waals surface area contributed by atoms with E-state index in [0.717, 1.165) is 6.54 Å². The van der Waals surface area contributed by atoms with Crippen molar-refractivity contribution < 1.29 is 0 Å². The van der Waals surface area contributed by atoms with E-state index >= 15 is 0 Å². The molecule has 0 saturated carbocycles. The van der Waals surface area contributed by atoms with Gasteiger partial charge in [-0.05, 0) is 41.0 Å². The summed E-state index contributed by atoms with van der Waals surface area (Å²) in [4.78, 5) is 5.53. The SMILES string of the molecule is Cc1ccccc1SC(Cn1ccnc1)c1ccc2ccccc2c1. The average Bonchev–Trinajstić information content (AvgIpc) is 3.16. The molecule has 2 nitrogen and oxygen atoms in total. The summed E-state index contributed by atoms with van der Waals surface area (Å²) in [6, 6.07) is 24.0. The van der Waals surface area contributed by atoms with Gasteiger partial charge in [0.2, 0.25) is 0 Å². The molecule has 0 spiro atoms. The molecule has 0 bridgehead atoms. The highest BCUT2D eigenvalue weighted by molar-refractivity contribution is 7.99. The van der Waals surface area contributed by atoms with E-state index in [1.54, 1.807) is 0 Å². The Morgan fingerprint density at radius 2 is 1.76 bits per heavy atom. The topological polar surface area (TPSA) is 17.8 Å². The lowest BCUT2D eigenvalue weighted by atomic mass is 10.0. The Labute approximate surface area is 152 Å². The Balaban J connectivity index is 1.71. The van der Waals surface area contributed by atoms with Gasteiger partial charge in [0.25, 0.3) is 0 Å². The lowest BCUT2D eigenvalue weighted by Crippen LogP contribution is -2.05. The van der Waals surface area contributed by atoms with Crippen molar-refractivity contribution in [1.29, 1.82) is 0 Å².